The standard InChI is InChI=1S/C27H31N5O3/c28-16-23(31-27(33)26-18-29-10-1-11-35-26)14-19-2-4-20(5-3-19)21-6-7-22-17-30-32(25(22)15-21)24-8-12-34-13-9-24/h2-7,15,17,23-24,26,29H,1,8-14,18H2,(H,31,33)/t23-,26+/m1/s1. The van der Waals surface area contributed by atoms with Crippen LogP contribution in [0.15, 0.2) is 48.7 Å². The molecular formula is C27H31N5O3. The second-order valence-corrected chi connectivity index (χ2v) is 9.21. The Balaban J connectivity index is 1.26. The number of rotatable bonds is 6. The van der Waals surface area contributed by atoms with E-state index in [2.05, 4.69) is 56.8 Å². The molecule has 0 saturated carbocycles. The van der Waals surface area contributed by atoms with Crippen LogP contribution in [0.1, 0.15) is 30.9 Å². The molecule has 0 aliphatic carbocycles. The maximum Gasteiger partial charge on any atom is 0.251 e. The van der Waals surface area contributed by atoms with Crippen molar-refractivity contribution in [1.82, 2.24) is 20.4 Å². The number of nitrogens with zero attached hydrogens (tertiary/aromatic N) is 3. The number of nitriles is 1. The molecule has 2 aliphatic rings. The molecule has 8 heteroatoms. The topological polar surface area (TPSA) is 101 Å². The van der Waals surface area contributed by atoms with Crippen molar-refractivity contribution in [2.75, 3.05) is 32.9 Å². The van der Waals surface area contributed by atoms with Crippen molar-refractivity contribution in [3.05, 3.63) is 54.2 Å². The number of hydrogen-bond donors (Lipinski definition) is 2. The first-order chi connectivity index (χ1) is 17.2. The molecular weight excluding hydrogens is 442 g/mol. The predicted molar refractivity (Wildman–Crippen MR) is 133 cm³/mol. The van der Waals surface area contributed by atoms with Crippen LogP contribution in [0.5, 0.6) is 0 Å². The molecule has 182 valence electrons. The highest BCUT2D eigenvalue weighted by Crippen LogP contribution is 2.29. The molecule has 35 heavy (non-hydrogen) atoms. The Morgan fingerprint density at radius 3 is 2.77 bits per heavy atom. The molecule has 3 heterocycles. The third kappa shape index (κ3) is 5.54. The fourth-order valence-electron chi connectivity index (χ4n) is 4.78. The lowest BCUT2D eigenvalue weighted by Crippen LogP contribution is -2.46. The van der Waals surface area contributed by atoms with Gasteiger partial charge in [0.05, 0.1) is 23.8 Å². The Kier molecular flexibility index (Phi) is 7.38. The van der Waals surface area contributed by atoms with Gasteiger partial charge in [0, 0.05) is 38.2 Å². The van der Waals surface area contributed by atoms with Crippen molar-refractivity contribution in [1.29, 1.82) is 5.26 Å². The van der Waals surface area contributed by atoms with E-state index in [0.29, 0.717) is 25.6 Å². The Morgan fingerprint density at radius 2 is 1.97 bits per heavy atom. The Bertz CT molecular complexity index is 1190. The first-order valence-corrected chi connectivity index (χ1v) is 12.4. The molecule has 0 unspecified atom stereocenters. The molecule has 0 radical (unpaired) electrons. The summed E-state index contributed by atoms with van der Waals surface area (Å²) in [6.45, 7) is 3.41. The second kappa shape index (κ2) is 11.0. The fraction of sp³-hybridized carbons (Fsp3) is 0.444. The van der Waals surface area contributed by atoms with Crippen LogP contribution < -0.4 is 10.6 Å². The largest absolute Gasteiger partial charge is 0.381 e. The summed E-state index contributed by atoms with van der Waals surface area (Å²) in [6, 6.07) is 16.6. The third-order valence-electron chi connectivity index (χ3n) is 6.77. The molecule has 2 fully saturated rings. The monoisotopic (exact) mass is 473 g/mol. The minimum absolute atomic E-state index is 0.239. The Morgan fingerprint density at radius 1 is 1.17 bits per heavy atom. The molecule has 2 saturated heterocycles. The number of nitrogens with one attached hydrogen (secondary N) is 2. The van der Waals surface area contributed by atoms with Crippen LogP contribution >= 0.6 is 0 Å². The molecule has 5 rings (SSSR count). The number of carbonyl (C=O) groups is 1. The Hall–Kier alpha value is -3.25. The second-order valence-electron chi connectivity index (χ2n) is 9.21. The van der Waals surface area contributed by atoms with E-state index < -0.39 is 12.1 Å². The van der Waals surface area contributed by atoms with Gasteiger partial charge in [-0.3, -0.25) is 9.48 Å². The van der Waals surface area contributed by atoms with Crippen LogP contribution in [-0.2, 0) is 20.7 Å². The molecule has 1 aromatic heterocycles. The van der Waals surface area contributed by atoms with E-state index in [1.54, 1.807) is 0 Å². The number of aromatic nitrogens is 2. The zero-order valence-corrected chi connectivity index (χ0v) is 19.8. The molecule has 2 aliphatic heterocycles. The lowest BCUT2D eigenvalue weighted by Gasteiger charge is -2.23. The minimum Gasteiger partial charge on any atom is -0.381 e. The van der Waals surface area contributed by atoms with Gasteiger partial charge in [0.15, 0.2) is 0 Å². The number of benzene rings is 2. The van der Waals surface area contributed by atoms with Crippen LogP contribution in [0, 0.1) is 11.3 Å². The van der Waals surface area contributed by atoms with Gasteiger partial charge < -0.3 is 20.1 Å². The van der Waals surface area contributed by atoms with E-state index in [9.17, 15) is 10.1 Å². The van der Waals surface area contributed by atoms with Gasteiger partial charge in [0.2, 0.25) is 0 Å². The summed E-state index contributed by atoms with van der Waals surface area (Å²) < 4.78 is 13.3. The lowest BCUT2D eigenvalue weighted by molar-refractivity contribution is -0.132. The highest BCUT2D eigenvalue weighted by Gasteiger charge is 2.23. The summed E-state index contributed by atoms with van der Waals surface area (Å²) in [5.74, 6) is -0.239. The van der Waals surface area contributed by atoms with Crippen LogP contribution in [0.25, 0.3) is 22.0 Å². The van der Waals surface area contributed by atoms with E-state index >= 15 is 0 Å². The highest BCUT2D eigenvalue weighted by molar-refractivity contribution is 5.84. The fourth-order valence-corrected chi connectivity index (χ4v) is 4.78. The molecule has 3 aromatic rings. The van der Waals surface area contributed by atoms with Gasteiger partial charge in [-0.1, -0.05) is 36.4 Å². The third-order valence-corrected chi connectivity index (χ3v) is 6.77. The van der Waals surface area contributed by atoms with E-state index in [-0.39, 0.29) is 5.91 Å². The highest BCUT2D eigenvalue weighted by atomic mass is 16.5. The van der Waals surface area contributed by atoms with Crippen molar-refractivity contribution in [2.45, 2.75) is 43.9 Å². The van der Waals surface area contributed by atoms with Gasteiger partial charge >= 0.3 is 0 Å². The minimum atomic E-state index is -0.606. The Labute approximate surface area is 205 Å². The molecule has 2 atom stereocenters. The summed E-state index contributed by atoms with van der Waals surface area (Å²) >= 11 is 0. The zero-order valence-electron chi connectivity index (χ0n) is 19.8. The van der Waals surface area contributed by atoms with Gasteiger partial charge in [-0.2, -0.15) is 10.4 Å². The number of fused-ring (bicyclic) bond motifs is 1. The average Bonchev–Trinajstić information content (AvgIpc) is 3.13. The predicted octanol–water partition coefficient (Wildman–Crippen LogP) is 2.98. The molecule has 0 bridgehead atoms. The normalized spacial score (nSPS) is 20.1. The first kappa shape index (κ1) is 23.5. The number of amides is 1. The summed E-state index contributed by atoms with van der Waals surface area (Å²) in [5, 5.41) is 21.4. The van der Waals surface area contributed by atoms with Crippen LogP contribution in [0.2, 0.25) is 0 Å². The maximum atomic E-state index is 12.5. The van der Waals surface area contributed by atoms with E-state index in [1.807, 2.05) is 18.3 Å². The SMILES string of the molecule is N#C[C@@H](Cc1ccc(-c2ccc3cnn(C4CCOCC4)c3c2)cc1)NC(=O)[C@@H]1CNCCCO1. The summed E-state index contributed by atoms with van der Waals surface area (Å²) in [6.07, 6.45) is 4.66. The molecule has 2 N–H and O–H groups in total. The van der Waals surface area contributed by atoms with Crippen LogP contribution in [0.3, 0.4) is 0 Å². The molecule has 0 spiro atoms. The van der Waals surface area contributed by atoms with Crippen molar-refractivity contribution in [3.63, 3.8) is 0 Å². The van der Waals surface area contributed by atoms with Crippen molar-refractivity contribution in [2.24, 2.45) is 0 Å². The van der Waals surface area contributed by atoms with E-state index in [4.69, 9.17) is 9.47 Å². The summed E-state index contributed by atoms with van der Waals surface area (Å²) in [5.41, 5.74) is 4.36. The van der Waals surface area contributed by atoms with Crippen molar-refractivity contribution >= 4 is 16.8 Å². The van der Waals surface area contributed by atoms with Gasteiger partial charge in [-0.25, -0.2) is 0 Å². The van der Waals surface area contributed by atoms with Crippen molar-refractivity contribution < 1.29 is 14.3 Å². The van der Waals surface area contributed by atoms with E-state index in [1.165, 1.54) is 0 Å². The van der Waals surface area contributed by atoms with Gasteiger partial charge in [0.1, 0.15) is 12.1 Å². The summed E-state index contributed by atoms with van der Waals surface area (Å²) in [7, 11) is 0. The van der Waals surface area contributed by atoms with Gasteiger partial charge in [0.25, 0.3) is 5.91 Å². The van der Waals surface area contributed by atoms with Gasteiger partial charge in [-0.15, -0.1) is 0 Å². The van der Waals surface area contributed by atoms with Gasteiger partial charge in [-0.05, 0) is 48.6 Å². The molecule has 1 amide bonds. The number of ether oxygens (including phenoxy) is 2. The quantitative estimate of drug-likeness (QED) is 0.571. The number of carbonyl (C=O) groups excluding carboxylic acids is 1. The molecule has 8 nitrogen and oxygen atoms in total. The number of hydrogen-bond acceptors (Lipinski definition) is 6. The average molecular weight is 474 g/mol. The summed E-state index contributed by atoms with van der Waals surface area (Å²) in [4.78, 5) is 12.5. The lowest BCUT2D eigenvalue weighted by atomic mass is 10.00. The van der Waals surface area contributed by atoms with Crippen LogP contribution in [0.4, 0.5) is 0 Å². The van der Waals surface area contributed by atoms with Crippen molar-refractivity contribution in [3.8, 4) is 17.2 Å². The zero-order chi connectivity index (χ0) is 24.0. The van der Waals surface area contributed by atoms with Crippen LogP contribution in [-0.4, -0.2) is 60.7 Å². The molecule has 2 aromatic carbocycles. The van der Waals surface area contributed by atoms with E-state index in [0.717, 1.165) is 66.6 Å². The smallest absolute Gasteiger partial charge is 0.251 e. The first-order valence-electron chi connectivity index (χ1n) is 12.4. The maximum absolute atomic E-state index is 12.5.